The van der Waals surface area contributed by atoms with Crippen molar-refractivity contribution < 1.29 is 13.2 Å². The lowest BCUT2D eigenvalue weighted by Crippen LogP contribution is -2.18. The van der Waals surface area contributed by atoms with E-state index in [0.29, 0.717) is 6.61 Å². The van der Waals surface area contributed by atoms with E-state index >= 15 is 0 Å². The molecule has 0 aliphatic carbocycles. The second-order valence-corrected chi connectivity index (χ2v) is 5.83. The van der Waals surface area contributed by atoms with Gasteiger partial charge in [0.05, 0.1) is 17.7 Å². The molecule has 21 heavy (non-hydrogen) atoms. The summed E-state index contributed by atoms with van der Waals surface area (Å²) in [6, 6.07) is 15.3. The Kier molecular flexibility index (Phi) is 4.94. The summed E-state index contributed by atoms with van der Waals surface area (Å²) < 4.78 is 29.2. The molecule has 0 saturated heterocycles. The molecule has 0 saturated carbocycles. The van der Waals surface area contributed by atoms with Crippen molar-refractivity contribution in [3.8, 4) is 5.75 Å². The highest BCUT2D eigenvalue weighted by atomic mass is 32.2. The van der Waals surface area contributed by atoms with Gasteiger partial charge in [-0.15, -0.1) is 0 Å². The van der Waals surface area contributed by atoms with E-state index in [-0.39, 0.29) is 4.90 Å². The van der Waals surface area contributed by atoms with Crippen LogP contribution in [0, 0.1) is 0 Å². The Hall–Kier alpha value is -2.34. The Balaban J connectivity index is 2.02. The number of hydrogen-bond acceptors (Lipinski definition) is 4. The number of benzene rings is 2. The van der Waals surface area contributed by atoms with Gasteiger partial charge >= 0.3 is 0 Å². The molecule has 2 rings (SSSR count). The van der Waals surface area contributed by atoms with Gasteiger partial charge in [-0.1, -0.05) is 18.2 Å². The molecule has 0 bridgehead atoms. The lowest BCUT2D eigenvalue weighted by Gasteiger charge is -2.03. The fourth-order valence-corrected chi connectivity index (χ4v) is 2.45. The third kappa shape index (κ3) is 4.32. The van der Waals surface area contributed by atoms with E-state index in [0.717, 1.165) is 11.3 Å². The van der Waals surface area contributed by atoms with E-state index in [9.17, 15) is 8.42 Å². The molecular weight excluding hydrogens is 288 g/mol. The van der Waals surface area contributed by atoms with Gasteiger partial charge in [-0.05, 0) is 48.9 Å². The van der Waals surface area contributed by atoms with E-state index in [1.54, 1.807) is 42.5 Å². The van der Waals surface area contributed by atoms with Gasteiger partial charge in [-0.2, -0.15) is 13.5 Å². The quantitative estimate of drug-likeness (QED) is 0.658. The summed E-state index contributed by atoms with van der Waals surface area (Å²) >= 11 is 0. The Morgan fingerprint density at radius 3 is 2.38 bits per heavy atom. The first kappa shape index (κ1) is 15.1. The maximum atomic E-state index is 11.9. The van der Waals surface area contributed by atoms with Crippen LogP contribution in [0.25, 0.3) is 0 Å². The number of ether oxygens (including phenoxy) is 1. The van der Waals surface area contributed by atoms with Crippen molar-refractivity contribution in [2.24, 2.45) is 5.10 Å². The number of sulfonamides is 1. The highest BCUT2D eigenvalue weighted by Crippen LogP contribution is 2.11. The molecule has 6 heteroatoms. The Morgan fingerprint density at radius 1 is 1.10 bits per heavy atom. The number of rotatable bonds is 6. The minimum absolute atomic E-state index is 0.175. The second-order valence-electron chi connectivity index (χ2n) is 4.17. The van der Waals surface area contributed by atoms with Crippen LogP contribution in [0.1, 0.15) is 12.5 Å². The van der Waals surface area contributed by atoms with Crippen molar-refractivity contribution in [1.82, 2.24) is 4.83 Å². The van der Waals surface area contributed by atoms with Gasteiger partial charge < -0.3 is 4.74 Å². The van der Waals surface area contributed by atoms with Crippen molar-refractivity contribution in [2.75, 3.05) is 6.61 Å². The molecule has 0 aromatic heterocycles. The Morgan fingerprint density at radius 2 is 1.76 bits per heavy atom. The first-order chi connectivity index (χ1) is 10.1. The van der Waals surface area contributed by atoms with Gasteiger partial charge in [-0.3, -0.25) is 0 Å². The second kappa shape index (κ2) is 6.90. The minimum Gasteiger partial charge on any atom is -0.494 e. The Labute approximate surface area is 124 Å². The average molecular weight is 304 g/mol. The first-order valence-electron chi connectivity index (χ1n) is 6.44. The van der Waals surface area contributed by atoms with Crippen LogP contribution in [0.15, 0.2) is 64.6 Å². The number of hydrogen-bond donors (Lipinski definition) is 1. The molecule has 0 aliphatic rings. The highest BCUT2D eigenvalue weighted by molar-refractivity contribution is 7.89. The van der Waals surface area contributed by atoms with Gasteiger partial charge in [0.15, 0.2) is 0 Å². The van der Waals surface area contributed by atoms with Gasteiger partial charge in [-0.25, -0.2) is 4.83 Å². The van der Waals surface area contributed by atoms with Gasteiger partial charge in [0.1, 0.15) is 5.75 Å². The van der Waals surface area contributed by atoms with Gasteiger partial charge in [0.2, 0.25) is 0 Å². The maximum absolute atomic E-state index is 11.9. The number of hydrazone groups is 1. The molecule has 5 nitrogen and oxygen atoms in total. The van der Waals surface area contributed by atoms with Crippen molar-refractivity contribution in [3.05, 3.63) is 60.2 Å². The highest BCUT2D eigenvalue weighted by Gasteiger charge is 2.10. The fraction of sp³-hybridized carbons (Fsp3) is 0.133. The van der Waals surface area contributed by atoms with E-state index in [2.05, 4.69) is 9.93 Å². The van der Waals surface area contributed by atoms with Crippen LogP contribution in [0.4, 0.5) is 0 Å². The standard InChI is InChI=1S/C15H16N2O3S/c1-2-20-14-10-8-13(9-11-14)12-16-17-21(18,19)15-6-4-3-5-7-15/h3-12,17H,2H2,1H3/b16-12-. The normalized spacial score (nSPS) is 11.5. The predicted molar refractivity (Wildman–Crippen MR) is 82.0 cm³/mol. The molecule has 1 N–H and O–H groups in total. The summed E-state index contributed by atoms with van der Waals surface area (Å²) in [6.07, 6.45) is 1.44. The monoisotopic (exact) mass is 304 g/mol. The van der Waals surface area contributed by atoms with E-state index in [1.165, 1.54) is 18.3 Å². The van der Waals surface area contributed by atoms with Gasteiger partial charge in [0.25, 0.3) is 10.0 Å². The summed E-state index contributed by atoms with van der Waals surface area (Å²) in [5.41, 5.74) is 0.772. The summed E-state index contributed by atoms with van der Waals surface area (Å²) in [5.74, 6) is 0.763. The van der Waals surface area contributed by atoms with Crippen LogP contribution >= 0.6 is 0 Å². The lowest BCUT2D eigenvalue weighted by atomic mass is 10.2. The lowest BCUT2D eigenvalue weighted by molar-refractivity contribution is 0.340. The summed E-state index contributed by atoms with van der Waals surface area (Å²) in [6.45, 7) is 2.51. The molecule has 110 valence electrons. The third-order valence-corrected chi connectivity index (χ3v) is 3.87. The van der Waals surface area contributed by atoms with Crippen molar-refractivity contribution >= 4 is 16.2 Å². The zero-order valence-electron chi connectivity index (χ0n) is 11.6. The molecule has 0 spiro atoms. The van der Waals surface area contributed by atoms with Crippen LogP contribution in [0.5, 0.6) is 5.75 Å². The number of nitrogens with one attached hydrogen (secondary N) is 1. The maximum Gasteiger partial charge on any atom is 0.276 e. The summed E-state index contributed by atoms with van der Waals surface area (Å²) in [5, 5.41) is 3.76. The van der Waals surface area contributed by atoms with Crippen LogP contribution in [-0.4, -0.2) is 21.2 Å². The predicted octanol–water partition coefficient (Wildman–Crippen LogP) is 2.40. The van der Waals surface area contributed by atoms with Crippen molar-refractivity contribution in [1.29, 1.82) is 0 Å². The molecular formula is C15H16N2O3S. The van der Waals surface area contributed by atoms with Crippen molar-refractivity contribution in [2.45, 2.75) is 11.8 Å². The van der Waals surface area contributed by atoms with Crippen LogP contribution in [-0.2, 0) is 10.0 Å². The molecule has 0 radical (unpaired) electrons. The average Bonchev–Trinajstić information content (AvgIpc) is 2.50. The van der Waals surface area contributed by atoms with Gasteiger partial charge in [0, 0.05) is 0 Å². The molecule has 0 heterocycles. The van der Waals surface area contributed by atoms with Crippen molar-refractivity contribution in [3.63, 3.8) is 0 Å². The SMILES string of the molecule is CCOc1ccc(/C=N\NS(=O)(=O)c2ccccc2)cc1. The smallest absolute Gasteiger partial charge is 0.276 e. The molecule has 0 amide bonds. The van der Waals surface area contributed by atoms with Crippen LogP contribution in [0.3, 0.4) is 0 Å². The van der Waals surface area contributed by atoms with E-state index in [4.69, 9.17) is 4.74 Å². The first-order valence-corrected chi connectivity index (χ1v) is 7.93. The largest absolute Gasteiger partial charge is 0.494 e. The molecule has 0 unspecified atom stereocenters. The Bertz CT molecular complexity index is 695. The molecule has 0 aliphatic heterocycles. The van der Waals surface area contributed by atoms with Crippen LogP contribution in [0.2, 0.25) is 0 Å². The summed E-state index contributed by atoms with van der Waals surface area (Å²) in [7, 11) is -3.62. The molecule has 0 fully saturated rings. The minimum atomic E-state index is -3.62. The molecule has 2 aromatic carbocycles. The zero-order valence-corrected chi connectivity index (χ0v) is 12.4. The van der Waals surface area contributed by atoms with E-state index < -0.39 is 10.0 Å². The van der Waals surface area contributed by atoms with E-state index in [1.807, 2.05) is 6.92 Å². The van der Waals surface area contributed by atoms with Crippen LogP contribution < -0.4 is 9.57 Å². The number of nitrogens with zero attached hydrogens (tertiary/aromatic N) is 1. The topological polar surface area (TPSA) is 67.8 Å². The third-order valence-electron chi connectivity index (χ3n) is 2.63. The zero-order chi connectivity index (χ0) is 15.1. The summed E-state index contributed by atoms with van der Waals surface area (Å²) in [4.78, 5) is 2.35. The molecule has 0 atom stereocenters. The fourth-order valence-electron chi connectivity index (χ4n) is 1.64. The molecule has 2 aromatic rings.